The lowest BCUT2D eigenvalue weighted by atomic mass is 10.3. The van der Waals surface area contributed by atoms with Crippen LogP contribution in [0, 0.1) is 0 Å². The molecule has 0 atom stereocenters. The second-order valence-electron chi connectivity index (χ2n) is 5.09. The van der Waals surface area contributed by atoms with E-state index in [1.165, 1.54) is 24.6 Å². The third kappa shape index (κ3) is 5.54. The van der Waals surface area contributed by atoms with E-state index in [1.54, 1.807) is 7.11 Å². The lowest BCUT2D eigenvalue weighted by molar-refractivity contribution is -0.118. The first-order valence-electron chi connectivity index (χ1n) is 7.55. The Morgan fingerprint density at radius 1 is 1.36 bits per heavy atom. The zero-order valence-electron chi connectivity index (χ0n) is 12.9. The molecular formula is C13H23N5O3S. The van der Waals surface area contributed by atoms with Crippen LogP contribution in [-0.2, 0) is 14.3 Å². The molecule has 0 bridgehead atoms. The lowest BCUT2D eigenvalue weighted by Crippen LogP contribution is -2.29. The number of rotatable bonds is 10. The molecule has 1 heterocycles. The number of nitrogens with one attached hydrogen (secondary N) is 1. The standard InChI is InChI=1S/C13H23N5O3S/c1-20-8-9-21-7-6-14-12(19)10-22-13-15-16-17-18(13)11-4-2-3-5-11/h11H,2-10H2,1H3,(H,14,19). The van der Waals surface area contributed by atoms with E-state index in [0.29, 0.717) is 38.2 Å². The van der Waals surface area contributed by atoms with Crippen molar-refractivity contribution in [2.24, 2.45) is 0 Å². The molecule has 8 nitrogen and oxygen atoms in total. The molecule has 1 saturated carbocycles. The fraction of sp³-hybridized carbons (Fsp3) is 0.846. The summed E-state index contributed by atoms with van der Waals surface area (Å²) in [6.07, 6.45) is 4.67. The van der Waals surface area contributed by atoms with Gasteiger partial charge in [-0.2, -0.15) is 0 Å². The maximum atomic E-state index is 11.8. The highest BCUT2D eigenvalue weighted by Gasteiger charge is 2.21. The molecule has 124 valence electrons. The Labute approximate surface area is 134 Å². The van der Waals surface area contributed by atoms with Crippen molar-refractivity contribution < 1.29 is 14.3 Å². The number of carbonyl (C=O) groups is 1. The summed E-state index contributed by atoms with van der Waals surface area (Å²) in [6.45, 7) is 2.08. The van der Waals surface area contributed by atoms with Crippen LogP contribution in [0.5, 0.6) is 0 Å². The highest BCUT2D eigenvalue weighted by molar-refractivity contribution is 7.99. The molecule has 0 spiro atoms. The molecule has 0 radical (unpaired) electrons. The summed E-state index contributed by atoms with van der Waals surface area (Å²) in [4.78, 5) is 11.8. The highest BCUT2D eigenvalue weighted by Crippen LogP contribution is 2.31. The zero-order chi connectivity index (χ0) is 15.6. The molecule has 0 aliphatic heterocycles. The van der Waals surface area contributed by atoms with E-state index in [4.69, 9.17) is 9.47 Å². The van der Waals surface area contributed by atoms with Crippen molar-refractivity contribution in [3.63, 3.8) is 0 Å². The molecule has 2 rings (SSSR count). The topological polar surface area (TPSA) is 91.2 Å². The first kappa shape index (κ1) is 17.2. The Bertz CT molecular complexity index is 451. The Morgan fingerprint density at radius 3 is 2.95 bits per heavy atom. The van der Waals surface area contributed by atoms with Gasteiger partial charge in [0.2, 0.25) is 11.1 Å². The van der Waals surface area contributed by atoms with Crippen molar-refractivity contribution in [2.75, 3.05) is 39.2 Å². The lowest BCUT2D eigenvalue weighted by Gasteiger charge is -2.10. The molecule has 1 aliphatic carbocycles. The van der Waals surface area contributed by atoms with E-state index in [1.807, 2.05) is 4.68 Å². The van der Waals surface area contributed by atoms with Crippen LogP contribution in [-0.4, -0.2) is 65.3 Å². The molecule has 22 heavy (non-hydrogen) atoms. The number of tetrazole rings is 1. The fourth-order valence-electron chi connectivity index (χ4n) is 2.35. The first-order chi connectivity index (χ1) is 10.8. The van der Waals surface area contributed by atoms with Crippen LogP contribution in [0.15, 0.2) is 5.16 Å². The summed E-state index contributed by atoms with van der Waals surface area (Å²) in [5, 5.41) is 15.3. The molecule has 0 aromatic carbocycles. The van der Waals surface area contributed by atoms with E-state index in [0.717, 1.165) is 18.0 Å². The van der Waals surface area contributed by atoms with E-state index in [-0.39, 0.29) is 5.91 Å². The van der Waals surface area contributed by atoms with Gasteiger partial charge in [0.05, 0.1) is 31.6 Å². The van der Waals surface area contributed by atoms with Crippen LogP contribution in [0.4, 0.5) is 0 Å². The third-order valence-corrected chi connectivity index (χ3v) is 4.40. The minimum absolute atomic E-state index is 0.0405. The molecule has 0 saturated heterocycles. The van der Waals surface area contributed by atoms with Gasteiger partial charge in [-0.15, -0.1) is 5.10 Å². The van der Waals surface area contributed by atoms with Gasteiger partial charge in [-0.3, -0.25) is 4.79 Å². The maximum absolute atomic E-state index is 11.8. The normalized spacial score (nSPS) is 15.3. The summed E-state index contributed by atoms with van der Waals surface area (Å²) in [7, 11) is 1.63. The van der Waals surface area contributed by atoms with Crippen LogP contribution in [0.2, 0.25) is 0 Å². The fourth-order valence-corrected chi connectivity index (χ4v) is 3.12. The molecule has 1 aromatic rings. The Kier molecular flexibility index (Phi) is 7.61. The number of ether oxygens (including phenoxy) is 2. The number of methoxy groups -OCH3 is 1. The van der Waals surface area contributed by atoms with E-state index >= 15 is 0 Å². The molecule has 1 aromatic heterocycles. The molecule has 1 aliphatic rings. The molecule has 1 N–H and O–H groups in total. The summed E-state index contributed by atoms with van der Waals surface area (Å²) >= 11 is 1.37. The van der Waals surface area contributed by atoms with Gasteiger partial charge < -0.3 is 14.8 Å². The second kappa shape index (κ2) is 9.75. The van der Waals surface area contributed by atoms with Gasteiger partial charge in [-0.1, -0.05) is 24.6 Å². The minimum Gasteiger partial charge on any atom is -0.382 e. The van der Waals surface area contributed by atoms with Gasteiger partial charge in [0.15, 0.2) is 0 Å². The summed E-state index contributed by atoms with van der Waals surface area (Å²) in [5.41, 5.74) is 0. The van der Waals surface area contributed by atoms with Gasteiger partial charge in [-0.05, 0) is 23.3 Å². The molecule has 0 unspecified atom stereocenters. The van der Waals surface area contributed by atoms with Crippen LogP contribution < -0.4 is 5.32 Å². The molecule has 1 fully saturated rings. The number of aromatic nitrogens is 4. The van der Waals surface area contributed by atoms with Crippen LogP contribution in [0.3, 0.4) is 0 Å². The monoisotopic (exact) mass is 329 g/mol. The van der Waals surface area contributed by atoms with Gasteiger partial charge in [0.1, 0.15) is 0 Å². The predicted molar refractivity (Wildman–Crippen MR) is 81.8 cm³/mol. The second-order valence-corrected chi connectivity index (χ2v) is 6.03. The average molecular weight is 329 g/mol. The van der Waals surface area contributed by atoms with E-state index in [9.17, 15) is 4.79 Å². The average Bonchev–Trinajstić information content (AvgIpc) is 3.18. The Hall–Kier alpha value is -1.19. The Morgan fingerprint density at radius 2 is 2.18 bits per heavy atom. The quantitative estimate of drug-likeness (QED) is 0.498. The molecule has 9 heteroatoms. The van der Waals surface area contributed by atoms with Crippen molar-refractivity contribution in [1.29, 1.82) is 0 Å². The molecular weight excluding hydrogens is 306 g/mol. The van der Waals surface area contributed by atoms with Crippen LogP contribution in [0.1, 0.15) is 31.7 Å². The smallest absolute Gasteiger partial charge is 0.230 e. The van der Waals surface area contributed by atoms with E-state index in [2.05, 4.69) is 20.8 Å². The van der Waals surface area contributed by atoms with E-state index < -0.39 is 0 Å². The van der Waals surface area contributed by atoms with Gasteiger partial charge >= 0.3 is 0 Å². The number of thioether (sulfide) groups is 1. The number of hydrogen-bond donors (Lipinski definition) is 1. The number of hydrogen-bond acceptors (Lipinski definition) is 7. The van der Waals surface area contributed by atoms with Crippen molar-refractivity contribution in [3.8, 4) is 0 Å². The van der Waals surface area contributed by atoms with Gasteiger partial charge in [0.25, 0.3) is 0 Å². The number of amides is 1. The van der Waals surface area contributed by atoms with Gasteiger partial charge in [-0.25, -0.2) is 4.68 Å². The summed E-state index contributed by atoms with van der Waals surface area (Å²) < 4.78 is 12.0. The predicted octanol–water partition coefficient (Wildman–Crippen LogP) is 0.659. The Balaban J connectivity index is 1.63. The van der Waals surface area contributed by atoms with Gasteiger partial charge in [0, 0.05) is 13.7 Å². The highest BCUT2D eigenvalue weighted by atomic mass is 32.2. The number of nitrogens with zero attached hydrogens (tertiary/aromatic N) is 4. The maximum Gasteiger partial charge on any atom is 0.230 e. The number of carbonyl (C=O) groups excluding carboxylic acids is 1. The largest absolute Gasteiger partial charge is 0.382 e. The van der Waals surface area contributed by atoms with Crippen molar-refractivity contribution in [1.82, 2.24) is 25.5 Å². The first-order valence-corrected chi connectivity index (χ1v) is 8.54. The zero-order valence-corrected chi connectivity index (χ0v) is 13.7. The van der Waals surface area contributed by atoms with Crippen molar-refractivity contribution >= 4 is 17.7 Å². The van der Waals surface area contributed by atoms with Crippen LogP contribution in [0.25, 0.3) is 0 Å². The van der Waals surface area contributed by atoms with Crippen molar-refractivity contribution in [2.45, 2.75) is 36.9 Å². The SMILES string of the molecule is COCCOCCNC(=O)CSc1nnnn1C1CCCC1. The third-order valence-electron chi connectivity index (χ3n) is 3.47. The van der Waals surface area contributed by atoms with Crippen LogP contribution >= 0.6 is 11.8 Å². The molecule has 1 amide bonds. The summed E-state index contributed by atoms with van der Waals surface area (Å²) in [5.74, 6) is 0.270. The summed E-state index contributed by atoms with van der Waals surface area (Å²) in [6, 6.07) is 0.384. The van der Waals surface area contributed by atoms with Crippen molar-refractivity contribution in [3.05, 3.63) is 0 Å². The minimum atomic E-state index is -0.0405.